The van der Waals surface area contributed by atoms with Crippen LogP contribution in [0.5, 0.6) is 5.75 Å². The fraction of sp³-hybridized carbons (Fsp3) is 0.538. The number of halogens is 1. The van der Waals surface area contributed by atoms with Gasteiger partial charge in [0.15, 0.2) is 0 Å². The number of ether oxygens (including phenoxy) is 3. The van der Waals surface area contributed by atoms with Gasteiger partial charge in [-0.2, -0.15) is 0 Å². The van der Waals surface area contributed by atoms with Crippen LogP contribution in [0.15, 0.2) is 35.0 Å². The standard InChI is InChI=1S/C26H37ClN4O6/c1-19(32)35-16-8-5-9-17-36-22-11-7-6-10-20(22)29-24(33)23(27)21(18-28)30-12-14-31(15-13-30)25(34)37-26(2,3)4/h6-7,10-11,18,28H,5,8-9,12-17H2,1-4H3,(H,29,33)/b23-21-,28-18?. The zero-order valence-corrected chi connectivity index (χ0v) is 22.7. The lowest BCUT2D eigenvalue weighted by Gasteiger charge is -2.37. The van der Waals surface area contributed by atoms with Crippen molar-refractivity contribution < 1.29 is 28.6 Å². The van der Waals surface area contributed by atoms with Gasteiger partial charge in [0.25, 0.3) is 5.91 Å². The third-order valence-corrected chi connectivity index (χ3v) is 5.69. The fourth-order valence-electron chi connectivity index (χ4n) is 3.52. The smallest absolute Gasteiger partial charge is 0.410 e. The fourth-order valence-corrected chi connectivity index (χ4v) is 3.74. The molecule has 1 aromatic carbocycles. The van der Waals surface area contributed by atoms with E-state index in [-0.39, 0.29) is 16.7 Å². The molecule has 0 atom stereocenters. The van der Waals surface area contributed by atoms with Crippen LogP contribution < -0.4 is 10.1 Å². The van der Waals surface area contributed by atoms with Crippen LogP contribution in [-0.4, -0.2) is 79.0 Å². The molecule has 0 aromatic heterocycles. The number of anilines is 1. The van der Waals surface area contributed by atoms with E-state index >= 15 is 0 Å². The lowest BCUT2D eigenvalue weighted by molar-refractivity contribution is -0.141. The number of nitrogens with zero attached hydrogens (tertiary/aromatic N) is 2. The zero-order valence-electron chi connectivity index (χ0n) is 22.0. The first kappa shape index (κ1) is 30.0. The van der Waals surface area contributed by atoms with E-state index < -0.39 is 17.6 Å². The zero-order chi connectivity index (χ0) is 27.4. The van der Waals surface area contributed by atoms with Gasteiger partial charge in [0.05, 0.1) is 24.6 Å². The number of nitrogens with one attached hydrogen (secondary N) is 2. The van der Waals surface area contributed by atoms with E-state index in [1.807, 2.05) is 20.8 Å². The van der Waals surface area contributed by atoms with Crippen molar-refractivity contribution in [1.29, 1.82) is 5.41 Å². The van der Waals surface area contributed by atoms with Crippen LogP contribution in [-0.2, 0) is 19.1 Å². The van der Waals surface area contributed by atoms with Crippen molar-refractivity contribution in [2.45, 2.75) is 52.6 Å². The molecule has 2 N–H and O–H groups in total. The van der Waals surface area contributed by atoms with Crippen molar-refractivity contribution in [1.82, 2.24) is 9.80 Å². The molecule has 0 aliphatic carbocycles. The topological polar surface area (TPSA) is 121 Å². The van der Waals surface area contributed by atoms with Crippen molar-refractivity contribution in [2.24, 2.45) is 0 Å². The van der Waals surface area contributed by atoms with Crippen LogP contribution in [0.1, 0.15) is 47.0 Å². The molecular weight excluding hydrogens is 500 g/mol. The van der Waals surface area contributed by atoms with E-state index in [0.29, 0.717) is 50.8 Å². The Kier molecular flexibility index (Phi) is 11.7. The number of benzene rings is 1. The molecule has 0 unspecified atom stereocenters. The van der Waals surface area contributed by atoms with E-state index in [2.05, 4.69) is 5.32 Å². The van der Waals surface area contributed by atoms with Gasteiger partial charge in [-0.1, -0.05) is 23.7 Å². The first-order chi connectivity index (χ1) is 17.5. The van der Waals surface area contributed by atoms with Crippen molar-refractivity contribution in [3.05, 3.63) is 35.0 Å². The van der Waals surface area contributed by atoms with Gasteiger partial charge < -0.3 is 34.7 Å². The van der Waals surface area contributed by atoms with Gasteiger partial charge in [0.1, 0.15) is 16.4 Å². The summed E-state index contributed by atoms with van der Waals surface area (Å²) in [7, 11) is 0. The molecule has 2 rings (SSSR count). The van der Waals surface area contributed by atoms with Crippen LogP contribution in [0.4, 0.5) is 10.5 Å². The Bertz CT molecular complexity index is 984. The Morgan fingerprint density at radius 2 is 1.65 bits per heavy atom. The summed E-state index contributed by atoms with van der Waals surface area (Å²) < 4.78 is 16.2. The summed E-state index contributed by atoms with van der Waals surface area (Å²) in [5.41, 5.74) is 0.153. The predicted molar refractivity (Wildman–Crippen MR) is 142 cm³/mol. The van der Waals surface area contributed by atoms with Crippen LogP contribution >= 0.6 is 11.6 Å². The highest BCUT2D eigenvalue weighted by molar-refractivity contribution is 6.45. The van der Waals surface area contributed by atoms with E-state index in [1.54, 1.807) is 34.1 Å². The van der Waals surface area contributed by atoms with Gasteiger partial charge in [-0.3, -0.25) is 9.59 Å². The van der Waals surface area contributed by atoms with E-state index in [0.717, 1.165) is 25.5 Å². The Morgan fingerprint density at radius 3 is 2.27 bits per heavy atom. The number of amides is 2. The Labute approximate surface area is 223 Å². The number of hydrogen-bond donors (Lipinski definition) is 2. The highest BCUT2D eigenvalue weighted by Crippen LogP contribution is 2.26. The van der Waals surface area contributed by atoms with Crippen molar-refractivity contribution in [3.8, 4) is 5.75 Å². The maximum absolute atomic E-state index is 12.9. The molecule has 11 heteroatoms. The van der Waals surface area contributed by atoms with Gasteiger partial charge in [-0.15, -0.1) is 0 Å². The Balaban J connectivity index is 1.93. The van der Waals surface area contributed by atoms with Crippen molar-refractivity contribution >= 4 is 41.5 Å². The van der Waals surface area contributed by atoms with E-state index in [4.69, 9.17) is 31.2 Å². The second kappa shape index (κ2) is 14.5. The number of esters is 1. The van der Waals surface area contributed by atoms with Gasteiger partial charge in [-0.05, 0) is 52.2 Å². The molecule has 204 valence electrons. The van der Waals surface area contributed by atoms with E-state index in [9.17, 15) is 14.4 Å². The maximum atomic E-state index is 12.9. The summed E-state index contributed by atoms with van der Waals surface area (Å²) in [5, 5.41) is 10.5. The van der Waals surface area contributed by atoms with Crippen LogP contribution in [0, 0.1) is 5.41 Å². The summed E-state index contributed by atoms with van der Waals surface area (Å²) in [6.07, 6.45) is 3.00. The molecular formula is C26H37ClN4O6. The van der Waals surface area contributed by atoms with Crippen LogP contribution in [0.3, 0.4) is 0 Å². The minimum Gasteiger partial charge on any atom is -0.491 e. The second-order valence-corrected chi connectivity index (χ2v) is 9.88. The monoisotopic (exact) mass is 536 g/mol. The molecule has 1 saturated heterocycles. The van der Waals surface area contributed by atoms with Crippen LogP contribution in [0.25, 0.3) is 0 Å². The number of piperazine rings is 1. The first-order valence-corrected chi connectivity index (χ1v) is 12.7. The third-order valence-electron chi connectivity index (χ3n) is 5.32. The number of para-hydroxylation sites is 2. The molecule has 10 nitrogen and oxygen atoms in total. The average Bonchev–Trinajstić information content (AvgIpc) is 2.84. The summed E-state index contributed by atoms with van der Waals surface area (Å²) in [5.74, 6) is -0.349. The van der Waals surface area contributed by atoms with Gasteiger partial charge >= 0.3 is 12.1 Å². The van der Waals surface area contributed by atoms with Gasteiger partial charge in [0, 0.05) is 39.3 Å². The first-order valence-electron chi connectivity index (χ1n) is 12.3. The number of rotatable bonds is 11. The predicted octanol–water partition coefficient (Wildman–Crippen LogP) is 4.39. The minimum absolute atomic E-state index is 0.124. The Morgan fingerprint density at radius 1 is 1.03 bits per heavy atom. The van der Waals surface area contributed by atoms with Gasteiger partial charge in [-0.25, -0.2) is 4.79 Å². The molecule has 37 heavy (non-hydrogen) atoms. The summed E-state index contributed by atoms with van der Waals surface area (Å²) >= 11 is 6.41. The molecule has 1 aliphatic rings. The van der Waals surface area contributed by atoms with Crippen molar-refractivity contribution in [2.75, 3.05) is 44.7 Å². The van der Waals surface area contributed by atoms with Crippen LogP contribution in [0.2, 0.25) is 0 Å². The quantitative estimate of drug-likeness (QED) is 0.186. The molecule has 1 aliphatic heterocycles. The molecule has 0 saturated carbocycles. The lowest BCUT2D eigenvalue weighted by Crippen LogP contribution is -2.50. The summed E-state index contributed by atoms with van der Waals surface area (Å²) in [6, 6.07) is 7.03. The minimum atomic E-state index is -0.582. The molecule has 1 heterocycles. The molecule has 0 radical (unpaired) electrons. The number of carbonyl (C=O) groups excluding carboxylic acids is 3. The normalized spacial score (nSPS) is 14.4. The Hall–Kier alpha value is -3.27. The lowest BCUT2D eigenvalue weighted by atomic mass is 10.2. The third kappa shape index (κ3) is 10.3. The number of hydrogen-bond acceptors (Lipinski definition) is 8. The van der Waals surface area contributed by atoms with Crippen molar-refractivity contribution in [3.63, 3.8) is 0 Å². The molecule has 1 aromatic rings. The average molecular weight is 537 g/mol. The number of allylic oxidation sites excluding steroid dienone is 1. The molecule has 0 spiro atoms. The molecule has 2 amide bonds. The highest BCUT2D eigenvalue weighted by Gasteiger charge is 2.28. The summed E-state index contributed by atoms with van der Waals surface area (Å²) in [6.45, 7) is 9.22. The number of carbonyl (C=O) groups is 3. The number of unbranched alkanes of at least 4 members (excludes halogenated alkanes) is 2. The summed E-state index contributed by atoms with van der Waals surface area (Å²) in [4.78, 5) is 39.4. The van der Waals surface area contributed by atoms with Gasteiger partial charge in [0.2, 0.25) is 0 Å². The van der Waals surface area contributed by atoms with E-state index in [1.165, 1.54) is 6.92 Å². The second-order valence-electron chi connectivity index (χ2n) is 9.50. The molecule has 0 bridgehead atoms. The SMILES string of the molecule is CC(=O)OCCCCCOc1ccccc1NC(=O)/C(Cl)=C(\C=N)N1CCN(C(=O)OC(C)(C)C)CC1. The molecule has 1 fully saturated rings. The maximum Gasteiger partial charge on any atom is 0.410 e. The highest BCUT2D eigenvalue weighted by atomic mass is 35.5. The largest absolute Gasteiger partial charge is 0.491 e.